The van der Waals surface area contributed by atoms with Crippen LogP contribution >= 0.6 is 11.8 Å². The van der Waals surface area contributed by atoms with Crippen LogP contribution in [0.15, 0.2) is 59.5 Å². The van der Waals surface area contributed by atoms with Crippen molar-refractivity contribution in [3.05, 3.63) is 60.2 Å². The van der Waals surface area contributed by atoms with Gasteiger partial charge in [0.25, 0.3) is 0 Å². The van der Waals surface area contributed by atoms with Crippen LogP contribution in [0.4, 0.5) is 0 Å². The number of hydrogen-bond donors (Lipinski definition) is 1. The number of rotatable bonds is 3. The molecule has 0 amide bonds. The molecular weight excluding hydrogens is 204 g/mol. The van der Waals surface area contributed by atoms with E-state index in [1.807, 2.05) is 30.3 Å². The SMILES string of the molecule is Oc1ccc(SCc2ccccc2)cc1. The second-order valence-corrected chi connectivity index (χ2v) is 4.32. The molecule has 1 N–H and O–H groups in total. The number of benzene rings is 2. The summed E-state index contributed by atoms with van der Waals surface area (Å²) < 4.78 is 0. The highest BCUT2D eigenvalue weighted by Gasteiger charge is 1.95. The maximum atomic E-state index is 9.13. The fourth-order valence-electron chi connectivity index (χ4n) is 1.28. The van der Waals surface area contributed by atoms with Gasteiger partial charge in [-0.15, -0.1) is 11.8 Å². The average molecular weight is 216 g/mol. The van der Waals surface area contributed by atoms with Crippen molar-refractivity contribution < 1.29 is 5.11 Å². The van der Waals surface area contributed by atoms with Gasteiger partial charge in [0.1, 0.15) is 5.75 Å². The fraction of sp³-hybridized carbons (Fsp3) is 0.0769. The second kappa shape index (κ2) is 4.89. The summed E-state index contributed by atoms with van der Waals surface area (Å²) in [7, 11) is 0. The third-order valence-electron chi connectivity index (χ3n) is 2.09. The molecule has 2 heteroatoms. The maximum Gasteiger partial charge on any atom is 0.115 e. The van der Waals surface area contributed by atoms with E-state index in [9.17, 15) is 0 Å². The first-order valence-corrected chi connectivity index (χ1v) is 5.79. The third kappa shape index (κ3) is 3.03. The quantitative estimate of drug-likeness (QED) is 0.790. The predicted octanol–water partition coefficient (Wildman–Crippen LogP) is 3.68. The molecule has 2 rings (SSSR count). The molecule has 0 aromatic heterocycles. The Kier molecular flexibility index (Phi) is 3.30. The van der Waals surface area contributed by atoms with Crippen LogP contribution < -0.4 is 0 Å². The standard InChI is InChI=1S/C13H12OS/c14-12-6-8-13(9-7-12)15-10-11-4-2-1-3-5-11/h1-9,14H,10H2. The summed E-state index contributed by atoms with van der Waals surface area (Å²) in [5.41, 5.74) is 1.32. The molecule has 0 radical (unpaired) electrons. The highest BCUT2D eigenvalue weighted by molar-refractivity contribution is 7.98. The van der Waals surface area contributed by atoms with Crippen molar-refractivity contribution in [2.75, 3.05) is 0 Å². The van der Waals surface area contributed by atoms with E-state index in [-0.39, 0.29) is 0 Å². The molecule has 0 fully saturated rings. The summed E-state index contributed by atoms with van der Waals surface area (Å²) in [6.07, 6.45) is 0. The second-order valence-electron chi connectivity index (χ2n) is 3.27. The van der Waals surface area contributed by atoms with Gasteiger partial charge in [-0.1, -0.05) is 30.3 Å². The molecule has 0 saturated heterocycles. The van der Waals surface area contributed by atoms with Crippen LogP contribution in [0.2, 0.25) is 0 Å². The van der Waals surface area contributed by atoms with E-state index in [1.165, 1.54) is 10.5 Å². The van der Waals surface area contributed by atoms with E-state index in [4.69, 9.17) is 5.11 Å². The lowest BCUT2D eigenvalue weighted by Crippen LogP contribution is -1.78. The van der Waals surface area contributed by atoms with Gasteiger partial charge in [-0.2, -0.15) is 0 Å². The van der Waals surface area contributed by atoms with Gasteiger partial charge in [0.05, 0.1) is 0 Å². The first-order valence-electron chi connectivity index (χ1n) is 4.80. The molecule has 0 spiro atoms. The van der Waals surface area contributed by atoms with Crippen molar-refractivity contribution in [3.63, 3.8) is 0 Å². The van der Waals surface area contributed by atoms with Gasteiger partial charge in [0.2, 0.25) is 0 Å². The Bertz CT molecular complexity index is 408. The fourth-order valence-corrected chi connectivity index (χ4v) is 2.14. The molecule has 2 aromatic carbocycles. The van der Waals surface area contributed by atoms with E-state index in [0.29, 0.717) is 5.75 Å². The Hall–Kier alpha value is -1.41. The van der Waals surface area contributed by atoms with Crippen molar-refractivity contribution in [2.45, 2.75) is 10.6 Å². The lowest BCUT2D eigenvalue weighted by Gasteiger charge is -2.01. The van der Waals surface area contributed by atoms with Crippen LogP contribution in [0.5, 0.6) is 5.75 Å². The van der Waals surface area contributed by atoms with E-state index in [0.717, 1.165) is 5.75 Å². The van der Waals surface area contributed by atoms with E-state index < -0.39 is 0 Å². The van der Waals surface area contributed by atoms with Crippen LogP contribution in [0, 0.1) is 0 Å². The number of phenols is 1. The van der Waals surface area contributed by atoms with Gasteiger partial charge in [0, 0.05) is 10.6 Å². The normalized spacial score (nSPS) is 10.1. The molecule has 0 saturated carbocycles. The first kappa shape index (κ1) is 10.1. The van der Waals surface area contributed by atoms with Gasteiger partial charge < -0.3 is 5.11 Å². The molecule has 76 valence electrons. The topological polar surface area (TPSA) is 20.2 Å². The van der Waals surface area contributed by atoms with Gasteiger partial charge >= 0.3 is 0 Å². The van der Waals surface area contributed by atoms with Crippen LogP contribution in [0.25, 0.3) is 0 Å². The Morgan fingerprint density at radius 1 is 0.867 bits per heavy atom. The van der Waals surface area contributed by atoms with E-state index in [1.54, 1.807) is 23.9 Å². The highest BCUT2D eigenvalue weighted by Crippen LogP contribution is 2.24. The zero-order valence-electron chi connectivity index (χ0n) is 8.26. The molecule has 0 aliphatic carbocycles. The lowest BCUT2D eigenvalue weighted by atomic mass is 10.2. The molecule has 0 aliphatic rings. The highest BCUT2D eigenvalue weighted by atomic mass is 32.2. The third-order valence-corrected chi connectivity index (χ3v) is 3.17. The number of hydrogen-bond acceptors (Lipinski definition) is 2. The van der Waals surface area contributed by atoms with Crippen molar-refractivity contribution in [3.8, 4) is 5.75 Å². The zero-order valence-corrected chi connectivity index (χ0v) is 9.08. The Morgan fingerprint density at radius 3 is 2.20 bits per heavy atom. The minimum absolute atomic E-state index is 0.319. The smallest absolute Gasteiger partial charge is 0.115 e. The van der Waals surface area contributed by atoms with Crippen molar-refractivity contribution >= 4 is 11.8 Å². The van der Waals surface area contributed by atoms with Crippen LogP contribution in [0.3, 0.4) is 0 Å². The summed E-state index contributed by atoms with van der Waals surface area (Å²) in [5, 5.41) is 9.13. The molecule has 1 nitrogen and oxygen atoms in total. The summed E-state index contributed by atoms with van der Waals surface area (Å²) in [6, 6.07) is 17.7. The van der Waals surface area contributed by atoms with Crippen LogP contribution in [-0.4, -0.2) is 5.11 Å². The van der Waals surface area contributed by atoms with Crippen molar-refractivity contribution in [2.24, 2.45) is 0 Å². The van der Waals surface area contributed by atoms with E-state index >= 15 is 0 Å². The van der Waals surface area contributed by atoms with Gasteiger partial charge in [0.15, 0.2) is 0 Å². The summed E-state index contributed by atoms with van der Waals surface area (Å²) in [4.78, 5) is 1.18. The average Bonchev–Trinajstić information content (AvgIpc) is 2.30. The van der Waals surface area contributed by atoms with Crippen LogP contribution in [-0.2, 0) is 5.75 Å². The summed E-state index contributed by atoms with van der Waals surface area (Å²) in [6.45, 7) is 0. The van der Waals surface area contributed by atoms with Crippen molar-refractivity contribution in [1.82, 2.24) is 0 Å². The molecule has 0 unspecified atom stereocenters. The Labute approximate surface area is 93.8 Å². The molecule has 0 aliphatic heterocycles. The Morgan fingerprint density at radius 2 is 1.53 bits per heavy atom. The Balaban J connectivity index is 1.96. The lowest BCUT2D eigenvalue weighted by molar-refractivity contribution is 0.475. The zero-order chi connectivity index (χ0) is 10.5. The van der Waals surface area contributed by atoms with Gasteiger partial charge in [-0.25, -0.2) is 0 Å². The molecule has 2 aromatic rings. The minimum Gasteiger partial charge on any atom is -0.508 e. The number of phenolic OH excluding ortho intramolecular Hbond substituents is 1. The van der Waals surface area contributed by atoms with E-state index in [2.05, 4.69) is 12.1 Å². The number of thioether (sulfide) groups is 1. The van der Waals surface area contributed by atoms with Gasteiger partial charge in [-0.3, -0.25) is 0 Å². The molecule has 0 heterocycles. The first-order chi connectivity index (χ1) is 7.34. The summed E-state index contributed by atoms with van der Waals surface area (Å²) >= 11 is 1.77. The van der Waals surface area contributed by atoms with Crippen molar-refractivity contribution in [1.29, 1.82) is 0 Å². The molecule has 0 bridgehead atoms. The molecular formula is C13H12OS. The largest absolute Gasteiger partial charge is 0.508 e. The molecule has 15 heavy (non-hydrogen) atoms. The van der Waals surface area contributed by atoms with Crippen LogP contribution in [0.1, 0.15) is 5.56 Å². The summed E-state index contributed by atoms with van der Waals surface area (Å²) in [5.74, 6) is 1.28. The minimum atomic E-state index is 0.319. The molecule has 0 atom stereocenters. The number of aromatic hydroxyl groups is 1. The predicted molar refractivity (Wildman–Crippen MR) is 64.1 cm³/mol. The monoisotopic (exact) mass is 216 g/mol. The maximum absolute atomic E-state index is 9.13. The van der Waals surface area contributed by atoms with Gasteiger partial charge in [-0.05, 0) is 29.8 Å².